The number of carboxylic acid groups (broad SMARTS) is 1. The third kappa shape index (κ3) is 32.0. The van der Waals surface area contributed by atoms with E-state index in [0.717, 1.165) is 38.5 Å². The maximum absolute atomic E-state index is 12.7. The third-order valence-corrected chi connectivity index (χ3v) is 9.51. The van der Waals surface area contributed by atoms with Gasteiger partial charge in [-0.2, -0.15) is 0 Å². The highest BCUT2D eigenvalue weighted by atomic mass is 16.6. The van der Waals surface area contributed by atoms with Gasteiger partial charge in [-0.1, -0.05) is 162 Å². The van der Waals surface area contributed by atoms with Crippen LogP contribution >= 0.6 is 0 Å². The summed E-state index contributed by atoms with van der Waals surface area (Å²) in [6, 6.07) is -0.607. The zero-order valence-electron chi connectivity index (χ0n) is 32.9. The van der Waals surface area contributed by atoms with E-state index < -0.39 is 18.1 Å². The van der Waals surface area contributed by atoms with Crippen molar-refractivity contribution in [2.75, 3.05) is 41.0 Å². The fourth-order valence-electron chi connectivity index (χ4n) is 6.27. The zero-order valence-corrected chi connectivity index (χ0v) is 32.9. The van der Waals surface area contributed by atoms with E-state index in [9.17, 15) is 19.5 Å². The largest absolute Gasteiger partial charge is 0.477 e. The molecule has 0 radical (unpaired) electrons. The van der Waals surface area contributed by atoms with Crippen LogP contribution in [0.15, 0.2) is 0 Å². The first kappa shape index (κ1) is 47.3. The molecular weight excluding hydrogens is 618 g/mol. The molecule has 0 saturated carbocycles. The average molecular weight is 699 g/mol. The first-order chi connectivity index (χ1) is 23.6. The number of carbonyl (C=O) groups excluding carboxylic acids is 2. The summed E-state index contributed by atoms with van der Waals surface area (Å²) in [5.74, 6) is -1.45. The van der Waals surface area contributed by atoms with Crippen molar-refractivity contribution in [2.45, 2.75) is 206 Å². The number of quaternary nitrogens is 1. The second-order valence-electron chi connectivity index (χ2n) is 15.3. The maximum atomic E-state index is 12.7. The molecule has 0 aromatic heterocycles. The molecule has 0 aliphatic heterocycles. The van der Waals surface area contributed by atoms with Crippen molar-refractivity contribution in [1.29, 1.82) is 0 Å². The highest BCUT2D eigenvalue weighted by Crippen LogP contribution is 2.15. The van der Waals surface area contributed by atoms with E-state index in [2.05, 4.69) is 13.8 Å². The first-order valence-corrected chi connectivity index (χ1v) is 20.6. The summed E-state index contributed by atoms with van der Waals surface area (Å²) in [5.41, 5.74) is 0. The van der Waals surface area contributed by atoms with Gasteiger partial charge in [-0.05, 0) is 12.8 Å². The second-order valence-corrected chi connectivity index (χ2v) is 15.3. The Balaban J connectivity index is 4.35. The fourth-order valence-corrected chi connectivity index (χ4v) is 6.27. The molecule has 8 heteroatoms. The number of esters is 2. The summed E-state index contributed by atoms with van der Waals surface area (Å²) >= 11 is 0. The predicted octanol–water partition coefficient (Wildman–Crippen LogP) is 10.6. The van der Waals surface area contributed by atoms with E-state index in [0.29, 0.717) is 19.3 Å². The van der Waals surface area contributed by atoms with Crippen LogP contribution in [0.25, 0.3) is 0 Å². The number of rotatable bonds is 37. The lowest BCUT2D eigenvalue weighted by molar-refractivity contribution is -0.887. The van der Waals surface area contributed by atoms with Crippen molar-refractivity contribution in [3.63, 3.8) is 0 Å². The van der Waals surface area contributed by atoms with Gasteiger partial charge in [0.15, 0.2) is 12.1 Å². The summed E-state index contributed by atoms with van der Waals surface area (Å²) in [6.07, 6.45) is 31.3. The number of carboxylic acids is 1. The minimum Gasteiger partial charge on any atom is -0.477 e. The molecule has 0 bridgehead atoms. The Morgan fingerprint density at radius 2 is 0.898 bits per heavy atom. The SMILES string of the molecule is CCCCCCCCCCCCCCCC(=O)OCC(COCCC(C(=O)O)[N+](C)(C)C)OC(=O)CCCCCCCCCCCCCC. The van der Waals surface area contributed by atoms with Gasteiger partial charge in [-0.25, -0.2) is 4.79 Å². The van der Waals surface area contributed by atoms with E-state index in [1.54, 1.807) is 0 Å². The molecular formula is C41H80NO7+. The van der Waals surface area contributed by atoms with Crippen LogP contribution < -0.4 is 0 Å². The van der Waals surface area contributed by atoms with Gasteiger partial charge in [0.25, 0.3) is 0 Å². The highest BCUT2D eigenvalue weighted by molar-refractivity contribution is 5.72. The Hall–Kier alpha value is -1.67. The topological polar surface area (TPSA) is 99.1 Å². The molecule has 0 aromatic rings. The molecule has 0 aliphatic carbocycles. The molecule has 49 heavy (non-hydrogen) atoms. The van der Waals surface area contributed by atoms with Gasteiger partial charge in [0, 0.05) is 19.3 Å². The van der Waals surface area contributed by atoms with Gasteiger partial charge in [0.1, 0.15) is 6.61 Å². The Morgan fingerprint density at radius 1 is 0.531 bits per heavy atom. The molecule has 2 unspecified atom stereocenters. The quantitative estimate of drug-likeness (QED) is 0.0392. The van der Waals surface area contributed by atoms with Gasteiger partial charge in [-0.15, -0.1) is 0 Å². The number of hydrogen-bond acceptors (Lipinski definition) is 6. The minimum absolute atomic E-state index is 0.0425. The highest BCUT2D eigenvalue weighted by Gasteiger charge is 2.31. The summed E-state index contributed by atoms with van der Waals surface area (Å²) in [7, 11) is 5.53. The minimum atomic E-state index is -0.872. The molecule has 1 N–H and O–H groups in total. The molecule has 290 valence electrons. The predicted molar refractivity (Wildman–Crippen MR) is 202 cm³/mol. The van der Waals surface area contributed by atoms with E-state index in [1.807, 2.05) is 21.1 Å². The summed E-state index contributed by atoms with van der Waals surface area (Å²) < 4.78 is 17.2. The van der Waals surface area contributed by atoms with Crippen LogP contribution in [0.5, 0.6) is 0 Å². The number of nitrogens with zero attached hydrogens (tertiary/aromatic N) is 1. The van der Waals surface area contributed by atoms with Gasteiger partial charge >= 0.3 is 17.9 Å². The van der Waals surface area contributed by atoms with Crippen LogP contribution in [-0.2, 0) is 28.6 Å². The molecule has 0 fully saturated rings. The van der Waals surface area contributed by atoms with E-state index in [4.69, 9.17) is 14.2 Å². The van der Waals surface area contributed by atoms with Gasteiger partial charge in [0.2, 0.25) is 0 Å². The average Bonchev–Trinajstić information content (AvgIpc) is 3.05. The van der Waals surface area contributed by atoms with Gasteiger partial charge in [0.05, 0.1) is 34.4 Å². The first-order valence-electron chi connectivity index (χ1n) is 20.6. The lowest BCUT2D eigenvalue weighted by Gasteiger charge is -2.31. The van der Waals surface area contributed by atoms with Crippen LogP contribution in [0.2, 0.25) is 0 Å². The molecule has 8 nitrogen and oxygen atoms in total. The summed E-state index contributed by atoms with van der Waals surface area (Å²) in [4.78, 5) is 36.8. The van der Waals surface area contributed by atoms with Crippen molar-refractivity contribution >= 4 is 17.9 Å². The van der Waals surface area contributed by atoms with Crippen LogP contribution in [-0.4, -0.2) is 80.6 Å². The Bertz CT molecular complexity index is 782. The molecule has 0 saturated heterocycles. The smallest absolute Gasteiger partial charge is 0.362 e. The molecule has 0 aliphatic rings. The van der Waals surface area contributed by atoms with Crippen molar-refractivity contribution in [1.82, 2.24) is 0 Å². The molecule has 0 rings (SSSR count). The number of aliphatic carboxylic acids is 1. The van der Waals surface area contributed by atoms with Crippen LogP contribution in [0.4, 0.5) is 0 Å². The van der Waals surface area contributed by atoms with E-state index >= 15 is 0 Å². The van der Waals surface area contributed by atoms with Gasteiger partial charge in [-0.3, -0.25) is 9.59 Å². The number of carbonyl (C=O) groups is 3. The third-order valence-electron chi connectivity index (χ3n) is 9.51. The van der Waals surface area contributed by atoms with E-state index in [1.165, 1.54) is 122 Å². The van der Waals surface area contributed by atoms with Crippen molar-refractivity contribution in [3.05, 3.63) is 0 Å². The van der Waals surface area contributed by atoms with E-state index in [-0.39, 0.29) is 36.2 Å². The number of ether oxygens (including phenoxy) is 3. The normalized spacial score (nSPS) is 12.9. The number of hydrogen-bond donors (Lipinski definition) is 1. The van der Waals surface area contributed by atoms with Gasteiger partial charge < -0.3 is 23.8 Å². The Morgan fingerprint density at radius 3 is 1.27 bits per heavy atom. The second kappa shape index (κ2) is 33.5. The summed E-state index contributed by atoms with van der Waals surface area (Å²) in [6.45, 7) is 4.75. The number of unbranched alkanes of at least 4 members (excludes halogenated alkanes) is 23. The Labute approximate surface area is 302 Å². The molecule has 0 aromatic carbocycles. The van der Waals surface area contributed by atoms with Crippen molar-refractivity contribution < 1.29 is 38.2 Å². The van der Waals surface area contributed by atoms with Crippen LogP contribution in [0, 0.1) is 0 Å². The Kier molecular flexibility index (Phi) is 32.3. The molecule has 0 spiro atoms. The lowest BCUT2D eigenvalue weighted by atomic mass is 10.0. The molecule has 0 amide bonds. The van der Waals surface area contributed by atoms with Crippen molar-refractivity contribution in [2.24, 2.45) is 0 Å². The summed E-state index contributed by atoms with van der Waals surface area (Å²) in [5, 5.41) is 9.59. The fraction of sp³-hybridized carbons (Fsp3) is 0.927. The molecule has 0 heterocycles. The van der Waals surface area contributed by atoms with Crippen LogP contribution in [0.3, 0.4) is 0 Å². The molecule has 2 atom stereocenters. The maximum Gasteiger partial charge on any atom is 0.362 e. The van der Waals surface area contributed by atoms with Crippen LogP contribution in [0.1, 0.15) is 194 Å². The standard InChI is InChI=1S/C41H79NO7/c1-6-8-10-12-14-16-18-20-22-23-25-27-29-31-39(43)48-36-37(35-47-34-33-38(41(45)46)42(3,4)5)49-40(44)32-30-28-26-24-21-19-17-15-13-11-9-7-2/h37-38H,6-36H2,1-5H3/p+1. The monoisotopic (exact) mass is 699 g/mol. The number of likely N-dealkylation sites (N-methyl/N-ethyl adjacent to an activating group) is 1. The van der Waals surface area contributed by atoms with Crippen molar-refractivity contribution in [3.8, 4) is 0 Å². The zero-order chi connectivity index (χ0) is 36.4. The lowest BCUT2D eigenvalue weighted by Crippen LogP contribution is -2.50.